The molecule has 2 amide bonds. The molecule has 0 bridgehead atoms. The Morgan fingerprint density at radius 3 is 2.54 bits per heavy atom. The van der Waals surface area contributed by atoms with Gasteiger partial charge in [0.1, 0.15) is 6.61 Å². The van der Waals surface area contributed by atoms with Gasteiger partial charge in [-0.25, -0.2) is 4.79 Å². The molecule has 7 nitrogen and oxygen atoms in total. The van der Waals surface area contributed by atoms with Crippen molar-refractivity contribution in [1.82, 2.24) is 9.80 Å². The molecule has 1 aromatic carbocycles. The Morgan fingerprint density at radius 1 is 1.12 bits per heavy atom. The Labute approximate surface area is 152 Å². The fraction of sp³-hybridized carbons (Fsp3) is 0.556. The molecule has 1 aromatic rings. The van der Waals surface area contributed by atoms with Crippen LogP contribution in [0, 0.1) is 5.92 Å². The number of Topliss-reactive ketones (excluding diaryl/α,β-unsaturated/α-hetero) is 1. The third kappa shape index (κ3) is 3.36. The number of hydrogen-bond donors (Lipinski definition) is 2. The molecule has 3 saturated heterocycles. The number of ether oxygens (including phenoxy) is 1. The number of fused-ring (bicyclic) bond motifs is 1. The zero-order chi connectivity index (χ0) is 18.3. The van der Waals surface area contributed by atoms with Gasteiger partial charge in [0.15, 0.2) is 5.78 Å². The topological polar surface area (TPSA) is 90.3 Å². The Morgan fingerprint density at radius 2 is 1.85 bits per heavy atom. The third-order valence-corrected chi connectivity index (χ3v) is 5.74. The van der Waals surface area contributed by atoms with Crippen LogP contribution in [0.5, 0.6) is 0 Å². The summed E-state index contributed by atoms with van der Waals surface area (Å²) in [6, 6.07) is 7.22. The van der Waals surface area contributed by atoms with Gasteiger partial charge in [-0.15, -0.1) is 0 Å². The van der Waals surface area contributed by atoms with Crippen LogP contribution in [0.25, 0.3) is 0 Å². The van der Waals surface area contributed by atoms with Crippen LogP contribution in [0.1, 0.15) is 24.3 Å². The maximum Gasteiger partial charge on any atom is 0.488 e. The first kappa shape index (κ1) is 17.5. The van der Waals surface area contributed by atoms with E-state index in [1.54, 1.807) is 12.1 Å². The van der Waals surface area contributed by atoms with Crippen molar-refractivity contribution in [2.24, 2.45) is 5.92 Å². The molecule has 0 spiro atoms. The third-order valence-electron chi connectivity index (χ3n) is 5.74. The van der Waals surface area contributed by atoms with E-state index in [-0.39, 0.29) is 36.4 Å². The first-order chi connectivity index (χ1) is 12.5. The minimum Gasteiger partial charge on any atom is -0.423 e. The number of nitrogens with zero attached hydrogens (tertiary/aromatic N) is 2. The zero-order valence-corrected chi connectivity index (χ0v) is 14.6. The number of amides is 2. The molecule has 26 heavy (non-hydrogen) atoms. The average Bonchev–Trinajstić information content (AvgIpc) is 2.60. The Balaban J connectivity index is 1.31. The van der Waals surface area contributed by atoms with Gasteiger partial charge >= 0.3 is 13.1 Å². The standard InChI is InChI=1S/C18H23BN2O5/c22-16-7-13-8-20(6-5-17(13)26-11-16)18(23)21-9-14(10-21)12-1-3-15(4-2-12)19(24)25/h1-4,13-14,17,24-25H,5-11H2/t13-,17+/m1/s1. The summed E-state index contributed by atoms with van der Waals surface area (Å²) in [4.78, 5) is 28.0. The number of urea groups is 1. The molecule has 3 heterocycles. The predicted molar refractivity (Wildman–Crippen MR) is 95.0 cm³/mol. The Bertz CT molecular complexity index is 689. The maximum atomic E-state index is 12.7. The molecule has 0 aromatic heterocycles. The van der Waals surface area contributed by atoms with E-state index in [0.717, 1.165) is 12.0 Å². The van der Waals surface area contributed by atoms with Crippen LogP contribution in [-0.4, -0.2) is 77.7 Å². The molecule has 0 aliphatic carbocycles. The van der Waals surface area contributed by atoms with Gasteiger partial charge in [-0.3, -0.25) is 4.79 Å². The molecular formula is C18H23BN2O5. The number of benzene rings is 1. The number of carbonyl (C=O) groups is 2. The molecule has 0 unspecified atom stereocenters. The lowest BCUT2D eigenvalue weighted by atomic mass is 9.79. The van der Waals surface area contributed by atoms with E-state index < -0.39 is 7.12 Å². The zero-order valence-electron chi connectivity index (χ0n) is 14.6. The quantitative estimate of drug-likeness (QED) is 0.700. The monoisotopic (exact) mass is 358 g/mol. The largest absolute Gasteiger partial charge is 0.488 e. The lowest BCUT2D eigenvalue weighted by molar-refractivity contribution is -0.140. The lowest BCUT2D eigenvalue weighted by Gasteiger charge is -2.46. The summed E-state index contributed by atoms with van der Waals surface area (Å²) in [7, 11) is -1.46. The number of hydrogen-bond acceptors (Lipinski definition) is 5. The van der Waals surface area contributed by atoms with Crippen LogP contribution < -0.4 is 5.46 Å². The van der Waals surface area contributed by atoms with E-state index >= 15 is 0 Å². The van der Waals surface area contributed by atoms with Gasteiger partial charge in [-0.2, -0.15) is 0 Å². The van der Waals surface area contributed by atoms with Gasteiger partial charge in [-0.05, 0) is 17.4 Å². The first-order valence-electron chi connectivity index (χ1n) is 9.14. The second-order valence-corrected chi connectivity index (χ2v) is 7.51. The van der Waals surface area contributed by atoms with Gasteiger partial charge in [0, 0.05) is 44.4 Å². The van der Waals surface area contributed by atoms with Gasteiger partial charge in [0.05, 0.1) is 6.10 Å². The number of ketones is 1. The van der Waals surface area contributed by atoms with Crippen LogP contribution in [0.3, 0.4) is 0 Å². The highest BCUT2D eigenvalue weighted by Crippen LogP contribution is 2.31. The van der Waals surface area contributed by atoms with Crippen molar-refractivity contribution >= 4 is 24.4 Å². The van der Waals surface area contributed by atoms with E-state index in [4.69, 9.17) is 14.8 Å². The molecule has 2 N–H and O–H groups in total. The normalized spacial score (nSPS) is 26.3. The van der Waals surface area contributed by atoms with Crippen LogP contribution >= 0.6 is 0 Å². The molecule has 4 rings (SSSR count). The average molecular weight is 358 g/mol. The second-order valence-electron chi connectivity index (χ2n) is 7.51. The molecule has 0 radical (unpaired) electrons. The van der Waals surface area contributed by atoms with E-state index in [1.165, 1.54) is 0 Å². The summed E-state index contributed by atoms with van der Waals surface area (Å²) in [6.45, 7) is 2.83. The lowest BCUT2D eigenvalue weighted by Crippen LogP contribution is -2.58. The minimum absolute atomic E-state index is 0.0418. The maximum absolute atomic E-state index is 12.7. The molecule has 138 valence electrons. The molecule has 3 fully saturated rings. The van der Waals surface area contributed by atoms with Crippen molar-refractivity contribution in [3.63, 3.8) is 0 Å². The van der Waals surface area contributed by atoms with Crippen LogP contribution in [-0.2, 0) is 9.53 Å². The summed E-state index contributed by atoms with van der Waals surface area (Å²) in [6.07, 6.45) is 1.42. The number of likely N-dealkylation sites (tertiary alicyclic amines) is 2. The predicted octanol–water partition coefficient (Wildman–Crippen LogP) is -0.434. The van der Waals surface area contributed by atoms with E-state index in [2.05, 4.69) is 0 Å². The van der Waals surface area contributed by atoms with Crippen LogP contribution in [0.15, 0.2) is 24.3 Å². The van der Waals surface area contributed by atoms with Gasteiger partial charge in [-0.1, -0.05) is 24.3 Å². The number of piperidine rings is 1. The fourth-order valence-electron chi connectivity index (χ4n) is 4.14. The highest BCUT2D eigenvalue weighted by Gasteiger charge is 2.40. The minimum atomic E-state index is -1.46. The molecule has 0 saturated carbocycles. The molecule has 2 atom stereocenters. The SMILES string of the molecule is O=C1CO[C@H]2CCN(C(=O)N3CC(c4ccc(B(O)O)cc4)C3)C[C@H]2C1. The first-order valence-corrected chi connectivity index (χ1v) is 9.14. The summed E-state index contributed by atoms with van der Waals surface area (Å²) >= 11 is 0. The molecule has 3 aliphatic rings. The molecular weight excluding hydrogens is 335 g/mol. The van der Waals surface area contributed by atoms with Crippen molar-refractivity contribution in [3.05, 3.63) is 29.8 Å². The number of rotatable bonds is 2. The van der Waals surface area contributed by atoms with Crippen molar-refractivity contribution in [2.75, 3.05) is 32.8 Å². The van der Waals surface area contributed by atoms with Crippen molar-refractivity contribution in [3.8, 4) is 0 Å². The van der Waals surface area contributed by atoms with E-state index in [9.17, 15) is 9.59 Å². The Hall–Kier alpha value is -1.90. The van der Waals surface area contributed by atoms with E-state index in [1.807, 2.05) is 21.9 Å². The van der Waals surface area contributed by atoms with Crippen LogP contribution in [0.2, 0.25) is 0 Å². The van der Waals surface area contributed by atoms with Gasteiger partial charge in [0.25, 0.3) is 0 Å². The smallest absolute Gasteiger partial charge is 0.423 e. The van der Waals surface area contributed by atoms with Crippen molar-refractivity contribution in [1.29, 1.82) is 0 Å². The fourth-order valence-corrected chi connectivity index (χ4v) is 4.14. The van der Waals surface area contributed by atoms with Crippen molar-refractivity contribution < 1.29 is 24.4 Å². The highest BCUT2D eigenvalue weighted by atomic mass is 16.5. The van der Waals surface area contributed by atoms with E-state index in [0.29, 0.717) is 38.1 Å². The summed E-state index contributed by atoms with van der Waals surface area (Å²) in [5.41, 5.74) is 1.57. The molecule has 8 heteroatoms. The number of carbonyl (C=O) groups excluding carboxylic acids is 2. The van der Waals surface area contributed by atoms with Crippen molar-refractivity contribution in [2.45, 2.75) is 24.9 Å². The van der Waals surface area contributed by atoms with Crippen LogP contribution in [0.4, 0.5) is 4.79 Å². The van der Waals surface area contributed by atoms with Gasteiger partial charge < -0.3 is 24.6 Å². The Kier molecular flexibility index (Phi) is 4.73. The molecule has 3 aliphatic heterocycles. The summed E-state index contributed by atoms with van der Waals surface area (Å²) in [5.74, 6) is 0.533. The second kappa shape index (κ2) is 7.02. The summed E-state index contributed by atoms with van der Waals surface area (Å²) in [5, 5.41) is 18.3. The summed E-state index contributed by atoms with van der Waals surface area (Å²) < 4.78 is 5.59. The van der Waals surface area contributed by atoms with Gasteiger partial charge in [0.2, 0.25) is 0 Å². The highest BCUT2D eigenvalue weighted by molar-refractivity contribution is 6.58.